The van der Waals surface area contributed by atoms with Crippen molar-refractivity contribution in [1.29, 1.82) is 0 Å². The van der Waals surface area contributed by atoms with Gasteiger partial charge >= 0.3 is 0 Å². The van der Waals surface area contributed by atoms with Crippen LogP contribution in [0.2, 0.25) is 0 Å². The van der Waals surface area contributed by atoms with Crippen LogP contribution in [-0.2, 0) is 11.2 Å². The topological polar surface area (TPSA) is 20.3 Å². The SMILES string of the molecule is O=C(C1Cc2ccccc2S1)N1CCCC1c1ccccc1. The molecule has 2 aromatic carbocycles. The van der Waals surface area contributed by atoms with E-state index in [0.717, 1.165) is 25.8 Å². The Hall–Kier alpha value is -1.74. The summed E-state index contributed by atoms with van der Waals surface area (Å²) in [7, 11) is 0. The largest absolute Gasteiger partial charge is 0.335 e. The number of thioether (sulfide) groups is 1. The van der Waals surface area contributed by atoms with Gasteiger partial charge in [0.15, 0.2) is 0 Å². The van der Waals surface area contributed by atoms with E-state index in [1.165, 1.54) is 16.0 Å². The summed E-state index contributed by atoms with van der Waals surface area (Å²) in [6.45, 7) is 0.895. The van der Waals surface area contributed by atoms with E-state index < -0.39 is 0 Å². The fourth-order valence-corrected chi connectivity index (χ4v) is 4.82. The zero-order chi connectivity index (χ0) is 14.9. The summed E-state index contributed by atoms with van der Waals surface area (Å²) in [5.41, 5.74) is 2.59. The molecule has 2 aliphatic rings. The molecule has 0 aromatic heterocycles. The highest BCUT2D eigenvalue weighted by atomic mass is 32.2. The van der Waals surface area contributed by atoms with Crippen LogP contribution in [0.3, 0.4) is 0 Å². The van der Waals surface area contributed by atoms with Crippen molar-refractivity contribution >= 4 is 17.7 Å². The van der Waals surface area contributed by atoms with E-state index in [1.54, 1.807) is 11.8 Å². The second-order valence-electron chi connectivity index (χ2n) is 6.02. The van der Waals surface area contributed by atoms with Crippen molar-refractivity contribution in [2.24, 2.45) is 0 Å². The third-order valence-electron chi connectivity index (χ3n) is 4.64. The van der Waals surface area contributed by atoms with E-state index in [0.29, 0.717) is 5.91 Å². The normalized spacial score (nSPS) is 23.5. The van der Waals surface area contributed by atoms with Gasteiger partial charge in [0.2, 0.25) is 5.91 Å². The second kappa shape index (κ2) is 5.81. The quantitative estimate of drug-likeness (QED) is 0.833. The molecule has 3 heteroatoms. The van der Waals surface area contributed by atoms with Crippen LogP contribution in [0, 0.1) is 0 Å². The van der Waals surface area contributed by atoms with Crippen molar-refractivity contribution in [3.05, 3.63) is 65.7 Å². The molecule has 0 bridgehead atoms. The number of fused-ring (bicyclic) bond motifs is 1. The van der Waals surface area contributed by atoms with Gasteiger partial charge in [-0.05, 0) is 36.5 Å². The van der Waals surface area contributed by atoms with Gasteiger partial charge in [-0.1, -0.05) is 48.5 Å². The predicted molar refractivity (Wildman–Crippen MR) is 89.9 cm³/mol. The molecule has 2 atom stereocenters. The van der Waals surface area contributed by atoms with Crippen molar-refractivity contribution < 1.29 is 4.79 Å². The average Bonchev–Trinajstić information content (AvgIpc) is 3.21. The van der Waals surface area contributed by atoms with Gasteiger partial charge in [-0.15, -0.1) is 11.8 Å². The fraction of sp³-hybridized carbons (Fsp3) is 0.316. The summed E-state index contributed by atoms with van der Waals surface area (Å²) < 4.78 is 0. The smallest absolute Gasteiger partial charge is 0.236 e. The monoisotopic (exact) mass is 309 g/mol. The van der Waals surface area contributed by atoms with Gasteiger partial charge < -0.3 is 4.90 Å². The molecule has 2 nitrogen and oxygen atoms in total. The lowest BCUT2D eigenvalue weighted by Crippen LogP contribution is -2.37. The van der Waals surface area contributed by atoms with Crippen LogP contribution in [0.1, 0.15) is 30.0 Å². The summed E-state index contributed by atoms with van der Waals surface area (Å²) in [5.74, 6) is 0.313. The lowest BCUT2D eigenvalue weighted by molar-refractivity contribution is -0.131. The second-order valence-corrected chi connectivity index (χ2v) is 7.26. The summed E-state index contributed by atoms with van der Waals surface area (Å²) in [6, 6.07) is 19.1. The maximum atomic E-state index is 13.0. The minimum Gasteiger partial charge on any atom is -0.335 e. The molecule has 2 heterocycles. The van der Waals surface area contributed by atoms with Crippen LogP contribution in [0.5, 0.6) is 0 Å². The molecule has 1 fully saturated rings. The molecular formula is C19H19NOS. The van der Waals surface area contributed by atoms with Crippen LogP contribution in [-0.4, -0.2) is 22.6 Å². The average molecular weight is 309 g/mol. The van der Waals surface area contributed by atoms with E-state index in [9.17, 15) is 4.79 Å². The summed E-state index contributed by atoms with van der Waals surface area (Å²) in [4.78, 5) is 16.4. The molecule has 0 spiro atoms. The zero-order valence-corrected chi connectivity index (χ0v) is 13.3. The van der Waals surface area contributed by atoms with Crippen LogP contribution < -0.4 is 0 Å². The highest BCUT2D eigenvalue weighted by Gasteiger charge is 2.36. The lowest BCUT2D eigenvalue weighted by atomic mass is 10.0. The Morgan fingerprint density at radius 1 is 1.05 bits per heavy atom. The Labute approximate surface area is 135 Å². The van der Waals surface area contributed by atoms with E-state index >= 15 is 0 Å². The van der Waals surface area contributed by atoms with Crippen LogP contribution in [0.15, 0.2) is 59.5 Å². The van der Waals surface area contributed by atoms with Crippen LogP contribution in [0.25, 0.3) is 0 Å². The van der Waals surface area contributed by atoms with Crippen LogP contribution in [0.4, 0.5) is 0 Å². The number of carbonyl (C=O) groups is 1. The number of likely N-dealkylation sites (tertiary alicyclic amines) is 1. The number of benzene rings is 2. The third kappa shape index (κ3) is 2.44. The molecule has 1 saturated heterocycles. The zero-order valence-electron chi connectivity index (χ0n) is 12.4. The van der Waals surface area contributed by atoms with Gasteiger partial charge in [0.25, 0.3) is 0 Å². The molecule has 2 aromatic rings. The summed E-state index contributed by atoms with van der Waals surface area (Å²) >= 11 is 1.74. The molecule has 0 saturated carbocycles. The van der Waals surface area contributed by atoms with Crippen molar-refractivity contribution in [3.8, 4) is 0 Å². The van der Waals surface area contributed by atoms with Gasteiger partial charge in [-0.25, -0.2) is 0 Å². The van der Waals surface area contributed by atoms with E-state index in [-0.39, 0.29) is 11.3 Å². The molecule has 22 heavy (non-hydrogen) atoms. The number of rotatable bonds is 2. The first-order chi connectivity index (χ1) is 10.8. The Morgan fingerprint density at radius 2 is 1.82 bits per heavy atom. The van der Waals surface area contributed by atoms with Gasteiger partial charge in [0, 0.05) is 11.4 Å². The van der Waals surface area contributed by atoms with E-state index in [4.69, 9.17) is 0 Å². The highest BCUT2D eigenvalue weighted by Crippen LogP contribution is 2.40. The van der Waals surface area contributed by atoms with Crippen molar-refractivity contribution in [3.63, 3.8) is 0 Å². The van der Waals surface area contributed by atoms with E-state index in [1.807, 2.05) is 6.07 Å². The molecule has 2 unspecified atom stereocenters. The van der Waals surface area contributed by atoms with Gasteiger partial charge in [-0.3, -0.25) is 4.79 Å². The first-order valence-corrected chi connectivity index (χ1v) is 8.81. The minimum absolute atomic E-state index is 0.0571. The maximum absolute atomic E-state index is 13.0. The summed E-state index contributed by atoms with van der Waals surface area (Å²) in [6.07, 6.45) is 3.06. The molecule has 0 N–H and O–H groups in total. The number of hydrogen-bond acceptors (Lipinski definition) is 2. The highest BCUT2D eigenvalue weighted by molar-refractivity contribution is 8.01. The molecule has 0 radical (unpaired) electrons. The molecule has 0 aliphatic carbocycles. The summed E-state index contributed by atoms with van der Waals surface area (Å²) in [5, 5.41) is 0.0571. The number of nitrogens with zero attached hydrogens (tertiary/aromatic N) is 1. The third-order valence-corrected chi connectivity index (χ3v) is 5.95. The lowest BCUT2D eigenvalue weighted by Gasteiger charge is -2.27. The first-order valence-electron chi connectivity index (χ1n) is 7.93. The van der Waals surface area contributed by atoms with E-state index in [2.05, 4.69) is 53.4 Å². The Kier molecular flexibility index (Phi) is 3.67. The van der Waals surface area contributed by atoms with Crippen molar-refractivity contribution in [2.75, 3.05) is 6.54 Å². The number of amides is 1. The van der Waals surface area contributed by atoms with Gasteiger partial charge in [-0.2, -0.15) is 0 Å². The van der Waals surface area contributed by atoms with Gasteiger partial charge in [0.05, 0.1) is 11.3 Å². The van der Waals surface area contributed by atoms with Crippen molar-refractivity contribution in [1.82, 2.24) is 4.90 Å². The predicted octanol–water partition coefficient (Wildman–Crippen LogP) is 4.07. The molecule has 4 rings (SSSR count). The first kappa shape index (κ1) is 13.9. The molecular weight excluding hydrogens is 290 g/mol. The van der Waals surface area contributed by atoms with Gasteiger partial charge in [0.1, 0.15) is 0 Å². The van der Waals surface area contributed by atoms with Crippen LogP contribution >= 0.6 is 11.8 Å². The molecule has 1 amide bonds. The Morgan fingerprint density at radius 3 is 2.64 bits per heavy atom. The number of hydrogen-bond donors (Lipinski definition) is 0. The Balaban J connectivity index is 1.53. The molecule has 2 aliphatic heterocycles. The Bertz CT molecular complexity index is 660. The fourth-order valence-electron chi connectivity index (χ4n) is 3.56. The van der Waals surface area contributed by atoms with Crippen molar-refractivity contribution in [2.45, 2.75) is 35.4 Å². The standard InChI is InChI=1S/C19H19NOS/c21-19(18-13-15-9-4-5-11-17(15)22-18)20-12-6-10-16(20)14-7-2-1-3-8-14/h1-5,7-9,11,16,18H,6,10,12-13H2. The molecule has 112 valence electrons. The minimum atomic E-state index is 0.0571. The number of carbonyl (C=O) groups excluding carboxylic acids is 1. The maximum Gasteiger partial charge on any atom is 0.236 e.